The summed E-state index contributed by atoms with van der Waals surface area (Å²) in [6.07, 6.45) is 1.25. The summed E-state index contributed by atoms with van der Waals surface area (Å²) in [7, 11) is 0. The Bertz CT molecular complexity index is 987. The summed E-state index contributed by atoms with van der Waals surface area (Å²) in [5.41, 5.74) is 0.597. The molecule has 2 aliphatic rings. The molecule has 2 atom stereocenters. The van der Waals surface area contributed by atoms with E-state index in [0.717, 1.165) is 30.8 Å². The van der Waals surface area contributed by atoms with Crippen LogP contribution in [-0.2, 0) is 16.1 Å². The lowest BCUT2D eigenvalue weighted by Crippen LogP contribution is -2.52. The van der Waals surface area contributed by atoms with E-state index in [1.165, 1.54) is 12.1 Å². The second kappa shape index (κ2) is 10.6. The van der Waals surface area contributed by atoms with Gasteiger partial charge in [0.25, 0.3) is 5.91 Å². The molecule has 1 N–H and O–H groups in total. The molecule has 1 fully saturated rings. The second-order valence-electron chi connectivity index (χ2n) is 9.82. The molecule has 0 radical (unpaired) electrons. The van der Waals surface area contributed by atoms with E-state index in [0.29, 0.717) is 31.1 Å². The van der Waals surface area contributed by atoms with Crippen molar-refractivity contribution >= 4 is 5.91 Å². The third-order valence-electron chi connectivity index (χ3n) is 5.62. The molecule has 0 aliphatic carbocycles. The maximum atomic E-state index is 13.8. The first-order valence-electron chi connectivity index (χ1n) is 11.7. The Morgan fingerprint density at radius 1 is 1.21 bits per heavy atom. The van der Waals surface area contributed by atoms with Gasteiger partial charge in [-0.25, -0.2) is 4.39 Å². The van der Waals surface area contributed by atoms with Crippen LogP contribution in [0.4, 0.5) is 4.39 Å². The van der Waals surface area contributed by atoms with Crippen LogP contribution in [0.1, 0.15) is 39.2 Å². The minimum Gasteiger partial charge on any atom is -0.479 e. The summed E-state index contributed by atoms with van der Waals surface area (Å²) < 4.78 is 36.6. The maximum Gasteiger partial charge on any atom is 0.262 e. The Hall–Kier alpha value is -2.84. The number of hydrogen-bond donors (Lipinski definition) is 1. The minimum atomic E-state index is -0.837. The monoisotopic (exact) mass is 472 g/mol. The van der Waals surface area contributed by atoms with Gasteiger partial charge in [-0.3, -0.25) is 9.69 Å². The first kappa shape index (κ1) is 24.3. The Morgan fingerprint density at radius 2 is 2.03 bits per heavy atom. The number of benzene rings is 2. The number of amides is 1. The summed E-state index contributed by atoms with van der Waals surface area (Å²) in [4.78, 5) is 15.4. The zero-order chi connectivity index (χ0) is 24.1. The van der Waals surface area contributed by atoms with Gasteiger partial charge in [-0.15, -0.1) is 0 Å². The molecule has 2 aromatic carbocycles. The van der Waals surface area contributed by atoms with E-state index in [2.05, 4.69) is 10.2 Å². The normalized spacial score (nSPS) is 18.2. The molecule has 34 heavy (non-hydrogen) atoms. The standard InChI is InChI=1S/C26H33FN2O5/c1-26(2,3)28-25(30)24(34-20-7-4-6-19(27)13-20)16-29(15-21-8-5-11-31-21)14-18-9-10-22-23(12-18)33-17-32-22/h4,6-7,9-10,12-13,21,24H,5,8,11,14-17H2,1-3H3,(H,28,30). The number of carbonyl (C=O) groups is 1. The number of carbonyl (C=O) groups excluding carboxylic acids is 1. The van der Waals surface area contributed by atoms with Crippen molar-refractivity contribution in [2.45, 2.75) is 57.9 Å². The van der Waals surface area contributed by atoms with Gasteiger partial charge in [-0.2, -0.15) is 0 Å². The molecule has 2 aromatic rings. The van der Waals surface area contributed by atoms with Crippen molar-refractivity contribution in [2.24, 2.45) is 0 Å². The number of hydrogen-bond acceptors (Lipinski definition) is 6. The Balaban J connectivity index is 1.54. The molecule has 0 spiro atoms. The predicted octanol–water partition coefficient (Wildman–Crippen LogP) is 3.90. The van der Waals surface area contributed by atoms with Crippen molar-refractivity contribution < 1.29 is 28.1 Å². The van der Waals surface area contributed by atoms with Crippen LogP contribution in [0, 0.1) is 5.82 Å². The van der Waals surface area contributed by atoms with Gasteiger partial charge in [0.2, 0.25) is 6.79 Å². The van der Waals surface area contributed by atoms with Gasteiger partial charge in [0.15, 0.2) is 17.6 Å². The van der Waals surface area contributed by atoms with Crippen LogP contribution in [0.25, 0.3) is 0 Å². The third kappa shape index (κ3) is 6.84. The van der Waals surface area contributed by atoms with E-state index < -0.39 is 17.5 Å². The highest BCUT2D eigenvalue weighted by Gasteiger charge is 2.29. The number of nitrogens with one attached hydrogen (secondary N) is 1. The Morgan fingerprint density at radius 3 is 2.76 bits per heavy atom. The van der Waals surface area contributed by atoms with Crippen molar-refractivity contribution in [3.05, 3.63) is 53.8 Å². The van der Waals surface area contributed by atoms with Crippen LogP contribution in [0.3, 0.4) is 0 Å². The van der Waals surface area contributed by atoms with E-state index >= 15 is 0 Å². The largest absolute Gasteiger partial charge is 0.479 e. The molecule has 2 aliphatic heterocycles. The lowest BCUT2D eigenvalue weighted by molar-refractivity contribution is -0.130. The Kier molecular flexibility index (Phi) is 7.58. The molecule has 4 rings (SSSR count). The fourth-order valence-electron chi connectivity index (χ4n) is 4.14. The van der Waals surface area contributed by atoms with E-state index in [4.69, 9.17) is 18.9 Å². The summed E-state index contributed by atoms with van der Waals surface area (Å²) >= 11 is 0. The average molecular weight is 473 g/mol. The van der Waals surface area contributed by atoms with Gasteiger partial charge in [-0.1, -0.05) is 12.1 Å². The fraction of sp³-hybridized carbons (Fsp3) is 0.500. The van der Waals surface area contributed by atoms with Crippen molar-refractivity contribution in [1.82, 2.24) is 10.2 Å². The van der Waals surface area contributed by atoms with Gasteiger partial charge >= 0.3 is 0 Å². The van der Waals surface area contributed by atoms with Gasteiger partial charge in [0.05, 0.1) is 6.10 Å². The zero-order valence-corrected chi connectivity index (χ0v) is 20.0. The smallest absolute Gasteiger partial charge is 0.262 e. The van der Waals surface area contributed by atoms with Gasteiger partial charge < -0.3 is 24.3 Å². The molecule has 1 saturated heterocycles. The van der Waals surface area contributed by atoms with Crippen LogP contribution in [0.5, 0.6) is 17.2 Å². The summed E-state index contributed by atoms with van der Waals surface area (Å²) in [5.74, 6) is 1.09. The molecule has 0 bridgehead atoms. The molecule has 1 amide bonds. The van der Waals surface area contributed by atoms with Crippen LogP contribution >= 0.6 is 0 Å². The van der Waals surface area contributed by atoms with Gasteiger partial charge in [0, 0.05) is 37.8 Å². The molecule has 2 heterocycles. The average Bonchev–Trinajstić information content (AvgIpc) is 3.43. The first-order chi connectivity index (χ1) is 16.2. The molecular formula is C26H33FN2O5. The van der Waals surface area contributed by atoms with Crippen molar-refractivity contribution in [1.29, 1.82) is 0 Å². The number of fused-ring (bicyclic) bond motifs is 1. The quantitative estimate of drug-likeness (QED) is 0.597. The molecular weight excluding hydrogens is 439 g/mol. The Labute approximate surface area is 200 Å². The van der Waals surface area contributed by atoms with Crippen LogP contribution < -0.4 is 19.5 Å². The maximum absolute atomic E-state index is 13.8. The summed E-state index contributed by atoms with van der Waals surface area (Å²) in [6.45, 7) is 8.25. The predicted molar refractivity (Wildman–Crippen MR) is 126 cm³/mol. The number of ether oxygens (including phenoxy) is 4. The molecule has 7 nitrogen and oxygen atoms in total. The van der Waals surface area contributed by atoms with Crippen molar-refractivity contribution in [3.63, 3.8) is 0 Å². The lowest BCUT2D eigenvalue weighted by Gasteiger charge is -2.31. The number of rotatable bonds is 9. The highest BCUT2D eigenvalue weighted by molar-refractivity contribution is 5.82. The topological polar surface area (TPSA) is 69.3 Å². The highest BCUT2D eigenvalue weighted by atomic mass is 19.1. The third-order valence-corrected chi connectivity index (χ3v) is 5.62. The molecule has 0 aromatic heterocycles. The van der Waals surface area contributed by atoms with Crippen molar-refractivity contribution in [2.75, 3.05) is 26.5 Å². The highest BCUT2D eigenvalue weighted by Crippen LogP contribution is 2.33. The molecule has 8 heteroatoms. The van der Waals surface area contributed by atoms with Crippen LogP contribution in [0.2, 0.25) is 0 Å². The second-order valence-corrected chi connectivity index (χ2v) is 9.82. The minimum absolute atomic E-state index is 0.0921. The summed E-state index contributed by atoms with van der Waals surface area (Å²) in [6, 6.07) is 11.7. The van der Waals surface area contributed by atoms with E-state index in [1.807, 2.05) is 39.0 Å². The van der Waals surface area contributed by atoms with Gasteiger partial charge in [-0.05, 0) is 63.4 Å². The zero-order valence-electron chi connectivity index (χ0n) is 20.0. The summed E-state index contributed by atoms with van der Waals surface area (Å²) in [5, 5.41) is 3.00. The lowest BCUT2D eigenvalue weighted by atomic mass is 10.1. The van der Waals surface area contributed by atoms with E-state index in [1.54, 1.807) is 12.1 Å². The van der Waals surface area contributed by atoms with Gasteiger partial charge in [0.1, 0.15) is 11.6 Å². The number of nitrogens with zero attached hydrogens (tertiary/aromatic N) is 1. The van der Waals surface area contributed by atoms with E-state index in [9.17, 15) is 9.18 Å². The molecule has 184 valence electrons. The van der Waals surface area contributed by atoms with Crippen molar-refractivity contribution in [3.8, 4) is 17.2 Å². The molecule has 0 saturated carbocycles. The fourth-order valence-corrected chi connectivity index (χ4v) is 4.14. The SMILES string of the molecule is CC(C)(C)NC(=O)C(CN(Cc1ccc2c(c1)OCO2)CC1CCCO1)Oc1cccc(F)c1. The van der Waals surface area contributed by atoms with Crippen LogP contribution in [0.15, 0.2) is 42.5 Å². The number of halogens is 1. The van der Waals surface area contributed by atoms with Crippen LogP contribution in [-0.4, -0.2) is 55.0 Å². The van der Waals surface area contributed by atoms with E-state index in [-0.39, 0.29) is 18.8 Å². The molecule has 2 unspecified atom stereocenters. The first-order valence-corrected chi connectivity index (χ1v) is 11.7.